The van der Waals surface area contributed by atoms with Crippen molar-refractivity contribution in [2.24, 2.45) is 22.7 Å². The van der Waals surface area contributed by atoms with E-state index in [9.17, 15) is 24.6 Å². The number of ketones is 1. The van der Waals surface area contributed by atoms with E-state index in [4.69, 9.17) is 9.47 Å². The van der Waals surface area contributed by atoms with Gasteiger partial charge in [0, 0.05) is 36.2 Å². The number of aliphatic hydroxyl groups is 2. The minimum atomic E-state index is -0.808. The lowest BCUT2D eigenvalue weighted by atomic mass is 9.43. The monoisotopic (exact) mass is 781 g/mol. The van der Waals surface area contributed by atoms with E-state index in [1.54, 1.807) is 35.6 Å². The minimum absolute atomic E-state index is 0.0168. The predicted molar refractivity (Wildman–Crippen MR) is 211 cm³/mol. The molecule has 0 aromatic carbocycles. The molecular weight excluding hydrogens is 727 g/mol. The van der Waals surface area contributed by atoms with E-state index < -0.39 is 40.6 Å². The van der Waals surface area contributed by atoms with Gasteiger partial charge in [0.25, 0.3) is 0 Å². The summed E-state index contributed by atoms with van der Waals surface area (Å²) in [7, 11) is 1.95. The van der Waals surface area contributed by atoms with Crippen molar-refractivity contribution in [3.8, 4) is 0 Å². The van der Waals surface area contributed by atoms with Gasteiger partial charge in [-0.15, -0.1) is 0 Å². The number of nitrogens with zero attached hydrogens (tertiary/aromatic N) is 4. The second kappa shape index (κ2) is 15.0. The molecular formula is C43H55N7O7. The number of epoxide rings is 1. The van der Waals surface area contributed by atoms with Crippen molar-refractivity contribution < 1.29 is 34.1 Å². The van der Waals surface area contributed by atoms with Gasteiger partial charge in [0.05, 0.1) is 49.4 Å². The van der Waals surface area contributed by atoms with Crippen LogP contribution in [0.25, 0.3) is 0 Å². The van der Waals surface area contributed by atoms with E-state index in [1.165, 1.54) is 0 Å². The maximum Gasteiger partial charge on any atom is 0.341 e. The van der Waals surface area contributed by atoms with E-state index in [0.717, 1.165) is 5.57 Å². The molecule has 2 saturated carbocycles. The summed E-state index contributed by atoms with van der Waals surface area (Å²) in [4.78, 5) is 56.2. The summed E-state index contributed by atoms with van der Waals surface area (Å²) in [6.45, 7) is 8.34. The molecule has 6 heterocycles. The smallest absolute Gasteiger partial charge is 0.341 e. The largest absolute Gasteiger partial charge is 0.423 e. The number of esters is 1. The Labute approximate surface area is 333 Å². The maximum absolute atomic E-state index is 14.0. The van der Waals surface area contributed by atoms with Crippen molar-refractivity contribution in [2.75, 3.05) is 25.6 Å². The second-order valence-corrected chi connectivity index (χ2v) is 17.3. The molecule has 0 bridgehead atoms. The molecule has 304 valence electrons. The molecule has 6 aliphatic rings. The molecule has 2 aromatic rings. The molecule has 14 nitrogen and oxygen atoms in total. The molecule has 4 aliphatic heterocycles. The molecule has 14 heteroatoms. The van der Waals surface area contributed by atoms with Gasteiger partial charge < -0.3 is 35.3 Å². The van der Waals surface area contributed by atoms with Crippen molar-refractivity contribution in [2.45, 2.75) is 108 Å². The lowest BCUT2D eigenvalue weighted by molar-refractivity contribution is -0.184. The van der Waals surface area contributed by atoms with Crippen molar-refractivity contribution in [3.05, 3.63) is 90.0 Å². The van der Waals surface area contributed by atoms with Gasteiger partial charge in [-0.2, -0.15) is 0 Å². The predicted octanol–water partition coefficient (Wildman–Crippen LogP) is 3.40. The Morgan fingerprint density at radius 1 is 1.21 bits per heavy atom. The van der Waals surface area contributed by atoms with Gasteiger partial charge in [0.1, 0.15) is 29.2 Å². The molecule has 0 radical (unpaired) electrons. The van der Waals surface area contributed by atoms with Crippen LogP contribution in [0.5, 0.6) is 0 Å². The van der Waals surface area contributed by atoms with Crippen LogP contribution in [0.1, 0.15) is 65.6 Å². The second-order valence-electron chi connectivity index (χ2n) is 17.3. The zero-order valence-electron chi connectivity index (χ0n) is 33.4. The number of rotatable bonds is 13. The van der Waals surface area contributed by atoms with Crippen LogP contribution >= 0.6 is 0 Å². The first-order chi connectivity index (χ1) is 27.3. The number of aromatic nitrogens is 3. The van der Waals surface area contributed by atoms with Gasteiger partial charge in [-0.25, -0.2) is 14.8 Å². The molecule has 57 heavy (non-hydrogen) atoms. The van der Waals surface area contributed by atoms with Crippen LogP contribution in [0, 0.1) is 22.7 Å². The van der Waals surface area contributed by atoms with E-state index in [0.29, 0.717) is 61.7 Å². The number of aliphatic hydroxyl groups excluding tert-OH is 2. The van der Waals surface area contributed by atoms with Crippen LogP contribution in [0.15, 0.2) is 84.2 Å². The number of imidazole rings is 1. The van der Waals surface area contributed by atoms with Gasteiger partial charge >= 0.3 is 5.97 Å². The molecule has 2 aromatic heterocycles. The van der Waals surface area contributed by atoms with Crippen molar-refractivity contribution in [1.82, 2.24) is 30.1 Å². The first kappa shape index (κ1) is 39.4. The van der Waals surface area contributed by atoms with E-state index in [1.807, 2.05) is 64.4 Å². The average Bonchev–Trinajstić information content (AvgIpc) is 3.52. The van der Waals surface area contributed by atoms with Crippen LogP contribution in [0.3, 0.4) is 0 Å². The molecule has 4 fully saturated rings. The Bertz CT molecular complexity index is 1990. The molecule has 11 atom stereocenters. The van der Waals surface area contributed by atoms with Crippen LogP contribution < -0.4 is 10.6 Å². The number of H-pyrrole nitrogens is 1. The van der Waals surface area contributed by atoms with Gasteiger partial charge in [0.2, 0.25) is 5.91 Å². The lowest BCUT2D eigenvalue weighted by Crippen LogP contribution is -2.68. The van der Waals surface area contributed by atoms with Crippen molar-refractivity contribution in [1.29, 1.82) is 0 Å². The number of hydrogen-bond donors (Lipinski definition) is 5. The molecule has 1 amide bonds. The fourth-order valence-electron chi connectivity index (χ4n) is 10.8. The number of anilines is 1. The molecule has 2 aliphatic carbocycles. The fraction of sp³-hybridized carbons (Fsp3) is 0.558. The molecule has 5 N–H and O–H groups in total. The summed E-state index contributed by atoms with van der Waals surface area (Å²) in [5.41, 5.74) is -0.729. The first-order valence-corrected chi connectivity index (χ1v) is 20.3. The fourth-order valence-corrected chi connectivity index (χ4v) is 10.8. The third-order valence-electron chi connectivity index (χ3n) is 14.2. The van der Waals surface area contributed by atoms with Gasteiger partial charge in [-0.3, -0.25) is 19.4 Å². The lowest BCUT2D eigenvalue weighted by Gasteiger charge is -2.63. The minimum Gasteiger partial charge on any atom is -0.423 e. The van der Waals surface area contributed by atoms with Crippen LogP contribution in [-0.2, 0) is 30.3 Å². The molecule has 8 unspecified atom stereocenters. The number of carbonyl (C=O) groups is 3. The summed E-state index contributed by atoms with van der Waals surface area (Å²) < 4.78 is 12.5. The van der Waals surface area contributed by atoms with Crippen molar-refractivity contribution in [3.63, 3.8) is 0 Å². The number of allylic oxidation sites excluding steroid dienone is 4. The Balaban J connectivity index is 1.13. The highest BCUT2D eigenvalue weighted by molar-refractivity contribution is 5.95. The number of amides is 1. The third-order valence-corrected chi connectivity index (χ3v) is 14.2. The van der Waals surface area contributed by atoms with Gasteiger partial charge in [-0.1, -0.05) is 32.9 Å². The third kappa shape index (κ3) is 6.88. The molecule has 8 rings (SSSR count). The van der Waals surface area contributed by atoms with E-state index in [-0.39, 0.29) is 54.8 Å². The summed E-state index contributed by atoms with van der Waals surface area (Å²) >= 11 is 0. The highest BCUT2D eigenvalue weighted by Crippen LogP contribution is 2.66. The van der Waals surface area contributed by atoms with Crippen LogP contribution in [0.2, 0.25) is 0 Å². The molecule has 2 saturated heterocycles. The number of carbonyl (C=O) groups excluding carboxylic acids is 3. The number of likely N-dealkylation sites (N-methyl/N-ethyl adjacent to an activating group) is 1. The number of Topliss-reactive ketones (excluding diaryl/α,β-unsaturated/α-hetero) is 1. The normalized spacial score (nSPS) is 36.4. The van der Waals surface area contributed by atoms with E-state index in [2.05, 4.69) is 37.4 Å². The number of nitrogens with one attached hydrogen (secondary N) is 3. The number of fused-ring (bicyclic) bond motifs is 2. The topological polar surface area (TPSA) is 186 Å². The van der Waals surface area contributed by atoms with E-state index >= 15 is 0 Å². The number of cyclic esters (lactones) is 1. The summed E-state index contributed by atoms with van der Waals surface area (Å²) in [6.07, 6.45) is 16.6. The van der Waals surface area contributed by atoms with Gasteiger partial charge in [-0.05, 0) is 99.3 Å². The zero-order valence-corrected chi connectivity index (χ0v) is 33.4. The number of pyridine rings is 1. The summed E-state index contributed by atoms with van der Waals surface area (Å²) in [6, 6.07) is 4.01. The summed E-state index contributed by atoms with van der Waals surface area (Å²) in [5, 5.41) is 29.6. The van der Waals surface area contributed by atoms with Crippen molar-refractivity contribution >= 4 is 23.5 Å². The standard InChI is InChI=1S/C43H55N7O7/c1-6-30-39(54)50-22-26(10-11-38(50)49(30)5)17-27-18-28(40(55)57-27)29(48-36-9-7-8-14-44-36)19-33-41(3)13-12-35(53)42(4,23-51)32(41)21-34(43(33)24-56-43)47-25(2)31(52)20-37-45-15-16-46-37/h7-11,14-18,22,25,29-30,32-35,38,47,51,53H,6,12-13,19-21,23-24H2,1-5H3,(H,44,48)(H,45,46)/t25?,29?,30?,32?,33?,34?,35-,38?,41+,42+,43?/m1/s1. The highest BCUT2D eigenvalue weighted by atomic mass is 16.6. The van der Waals surface area contributed by atoms with Gasteiger partial charge in [0.15, 0.2) is 5.78 Å². The van der Waals surface area contributed by atoms with Crippen LogP contribution in [-0.4, -0.2) is 115 Å². The number of aromatic amines is 1. The maximum atomic E-state index is 14.0. The Hall–Kier alpha value is -4.47. The number of ether oxygens (including phenoxy) is 2. The SMILES string of the molecule is CCC1C(=O)N2C=C(C=C3C=C(C(CC4C5(CO5)C(NC(C)C(=O)Cc5ncc[nH]5)CC5[C@]4(C)CC[C@@H](O)[C@@]5(C)CO)Nc4ccccn4)C(=O)O3)C=CC2N1C. The Morgan fingerprint density at radius 3 is 2.70 bits per heavy atom. The molecule has 1 spiro atoms. The Kier molecular flexibility index (Phi) is 10.4. The van der Waals surface area contributed by atoms with Crippen LogP contribution in [0.4, 0.5) is 5.82 Å². The number of hydrogen-bond acceptors (Lipinski definition) is 12. The average molecular weight is 782 g/mol. The summed E-state index contributed by atoms with van der Waals surface area (Å²) in [5.74, 6) is 0.770. The zero-order chi connectivity index (χ0) is 40.3. The quantitative estimate of drug-likeness (QED) is 0.148. The highest BCUT2D eigenvalue weighted by Gasteiger charge is 2.71. The first-order valence-electron chi connectivity index (χ1n) is 20.3. The Morgan fingerprint density at radius 2 is 2.02 bits per heavy atom.